The summed E-state index contributed by atoms with van der Waals surface area (Å²) in [4.78, 5) is 102. The number of phosphoric acid groups is 2. The Labute approximate surface area is 650 Å². The van der Waals surface area contributed by atoms with Gasteiger partial charge in [-0.15, -0.1) is 0 Å². The number of hydrogen-bond donors (Lipinski definition) is 8. The van der Waals surface area contributed by atoms with Crippen molar-refractivity contribution in [2.45, 2.75) is 361 Å². The third-order valence-corrected chi connectivity index (χ3v) is 20.4. The van der Waals surface area contributed by atoms with Crippen molar-refractivity contribution in [1.29, 1.82) is 0 Å². The third kappa shape index (κ3) is 60.3. The van der Waals surface area contributed by atoms with E-state index < -0.39 is 102 Å². The summed E-state index contributed by atoms with van der Waals surface area (Å²) >= 11 is 0. The van der Waals surface area contributed by atoms with Crippen molar-refractivity contribution in [2.75, 3.05) is 65.9 Å². The van der Waals surface area contributed by atoms with Gasteiger partial charge in [0.25, 0.3) is 11.8 Å². The van der Waals surface area contributed by atoms with Crippen molar-refractivity contribution in [3.05, 3.63) is 59.7 Å². The van der Waals surface area contributed by atoms with E-state index in [0.29, 0.717) is 51.4 Å². The van der Waals surface area contributed by atoms with Crippen LogP contribution in [0.2, 0.25) is 0 Å². The number of ether oxygens (including phenoxy) is 4. The number of phosphoric ester groups is 2. The fraction of sp³-hybridized carbons (Fsp3) is 0.805. The normalized spacial score (nSPS) is 14.5. The van der Waals surface area contributed by atoms with Gasteiger partial charge in [-0.2, -0.15) is 0 Å². The van der Waals surface area contributed by atoms with E-state index in [-0.39, 0.29) is 88.3 Å². The predicted molar refractivity (Wildman–Crippen MR) is 427 cm³/mol. The molecule has 0 aliphatic heterocycles. The molecule has 626 valence electrons. The highest BCUT2D eigenvalue weighted by molar-refractivity contribution is 7.47. The summed E-state index contributed by atoms with van der Waals surface area (Å²) in [6.07, 6.45) is 43.3. The second kappa shape index (κ2) is 69.3. The van der Waals surface area contributed by atoms with Crippen molar-refractivity contribution >= 4 is 51.2 Å². The predicted octanol–water partition coefficient (Wildman–Crippen LogP) is 17.4. The van der Waals surface area contributed by atoms with Gasteiger partial charge in [0.1, 0.15) is 12.2 Å². The molecular formula is C82H148N4O20P2. The Kier molecular flexibility index (Phi) is 65.2. The van der Waals surface area contributed by atoms with Crippen molar-refractivity contribution < 1.29 is 94.9 Å². The first-order valence-electron chi connectivity index (χ1n) is 41.9. The minimum Gasteiger partial charge on any atom is -0.462 e. The minimum atomic E-state index is -4.84. The van der Waals surface area contributed by atoms with E-state index in [9.17, 15) is 57.9 Å². The van der Waals surface area contributed by atoms with Crippen molar-refractivity contribution in [3.8, 4) is 0 Å². The standard InChI is InChI=1S/C82H148N4O20P2/c1-7-13-19-25-27-29-31-37-43-53-79(91)105-73(49-41-35-23-17-11-5)63-77(89)85-69(65-99-59-55-71(87)47-39-33-21-15-9-3)67-103-107(95,96)101-61-57-83-81(93)75-51-45-46-52-76(75)82(94)84-58-62-102-108(97,98)104-68-70(66-100-60-56-72(88)48-40-34-22-16-10-4)86-78(90)64-74(50-42-36-24-18-12-6)106-80(92)54-44-38-32-30-28-26-20-14-8-2/h29-32,45-46,51-52,69-74,87-88H,7-28,33-44,47-50,53-68H2,1-6H3,(H,83,93)(H,84,94)(H,85,89)(H,86,90)(H,95,96)(H,97,98)/t69?,70?,71?,72?,73-,74-/m1/s1. The summed E-state index contributed by atoms with van der Waals surface area (Å²) < 4.78 is 71.3. The summed E-state index contributed by atoms with van der Waals surface area (Å²) in [5.41, 5.74) is -0.150. The molecule has 26 heteroatoms. The van der Waals surface area contributed by atoms with E-state index in [1.807, 2.05) is 0 Å². The number of rotatable bonds is 76. The highest BCUT2D eigenvalue weighted by Gasteiger charge is 2.29. The Morgan fingerprint density at radius 3 is 1.05 bits per heavy atom. The molecule has 0 spiro atoms. The summed E-state index contributed by atoms with van der Waals surface area (Å²) in [5.74, 6) is -3.22. The topological polar surface area (TPSA) is 339 Å². The SMILES string of the molecule is CCCCCCC=CCCCC(=O)O[C@H](CCCCCCC)CC(=O)NC(COCCC(O)CCCCCCC)COP(=O)(O)OCCNC(=O)c1ccccc1C(=O)NCCOP(=O)(O)OCC(COCCC(O)CCCCCCC)NC(=O)C[C@@H](CCCCCCC)OC(=O)CCCC=CCCCCCC. The first-order valence-corrected chi connectivity index (χ1v) is 44.9. The maximum absolute atomic E-state index is 13.7. The number of benzene rings is 1. The molecule has 4 amide bonds. The second-order valence-electron chi connectivity index (χ2n) is 28.7. The second-order valence-corrected chi connectivity index (χ2v) is 31.6. The third-order valence-electron chi connectivity index (χ3n) is 18.4. The molecule has 1 aromatic carbocycles. The van der Waals surface area contributed by atoms with Crippen LogP contribution in [0, 0.1) is 0 Å². The average molecular weight is 1570 g/mol. The number of unbranched alkanes of at least 4 members (excludes halogenated alkanes) is 26. The van der Waals surface area contributed by atoms with Crippen LogP contribution in [0.1, 0.15) is 345 Å². The number of allylic oxidation sites excluding steroid dienone is 4. The smallest absolute Gasteiger partial charge is 0.462 e. The zero-order chi connectivity index (χ0) is 79.4. The number of aliphatic hydroxyl groups is 2. The van der Waals surface area contributed by atoms with Crippen molar-refractivity contribution in [1.82, 2.24) is 21.3 Å². The summed E-state index contributed by atoms with van der Waals surface area (Å²) in [5, 5.41) is 32.0. The Bertz CT molecular complexity index is 2430. The molecule has 0 aliphatic carbocycles. The number of amides is 4. The van der Waals surface area contributed by atoms with Gasteiger partial charge < -0.3 is 60.2 Å². The van der Waals surface area contributed by atoms with Crippen LogP contribution < -0.4 is 21.3 Å². The fourth-order valence-corrected chi connectivity index (χ4v) is 13.5. The van der Waals surface area contributed by atoms with Gasteiger partial charge in [0.15, 0.2) is 0 Å². The lowest BCUT2D eigenvalue weighted by atomic mass is 10.1. The molecule has 0 radical (unpaired) electrons. The largest absolute Gasteiger partial charge is 0.472 e. The van der Waals surface area contributed by atoms with Crippen LogP contribution in [0.4, 0.5) is 0 Å². The zero-order valence-corrected chi connectivity index (χ0v) is 69.3. The van der Waals surface area contributed by atoms with Crippen LogP contribution in [-0.4, -0.2) is 158 Å². The lowest BCUT2D eigenvalue weighted by Gasteiger charge is -2.23. The molecule has 8 atom stereocenters. The van der Waals surface area contributed by atoms with Crippen LogP contribution in [-0.2, 0) is 65.4 Å². The zero-order valence-electron chi connectivity index (χ0n) is 67.5. The Morgan fingerprint density at radius 1 is 0.389 bits per heavy atom. The lowest BCUT2D eigenvalue weighted by molar-refractivity contribution is -0.152. The van der Waals surface area contributed by atoms with Gasteiger partial charge in [-0.3, -0.25) is 46.9 Å². The Balaban J connectivity index is 3.04. The lowest BCUT2D eigenvalue weighted by Crippen LogP contribution is -2.43. The molecule has 0 saturated heterocycles. The van der Waals surface area contributed by atoms with E-state index in [1.54, 1.807) is 0 Å². The van der Waals surface area contributed by atoms with Crippen molar-refractivity contribution in [2.24, 2.45) is 0 Å². The number of carbonyl (C=O) groups excluding carboxylic acids is 6. The van der Waals surface area contributed by atoms with E-state index in [4.69, 9.17) is 37.0 Å². The molecule has 6 unspecified atom stereocenters. The molecule has 1 aromatic rings. The van der Waals surface area contributed by atoms with Crippen LogP contribution in [0.5, 0.6) is 0 Å². The molecular weight excluding hydrogens is 1420 g/mol. The van der Waals surface area contributed by atoms with Gasteiger partial charge in [-0.05, 0) is 115 Å². The van der Waals surface area contributed by atoms with E-state index in [0.717, 1.165) is 167 Å². The quantitative estimate of drug-likeness (QED) is 0.0130. The highest BCUT2D eigenvalue weighted by Crippen LogP contribution is 2.44. The van der Waals surface area contributed by atoms with Crippen LogP contribution in [0.25, 0.3) is 0 Å². The molecule has 24 nitrogen and oxygen atoms in total. The first-order chi connectivity index (χ1) is 52.2. The van der Waals surface area contributed by atoms with Gasteiger partial charge in [-0.1, -0.05) is 232 Å². The summed E-state index contributed by atoms with van der Waals surface area (Å²) in [6, 6.07) is 3.89. The first kappa shape index (κ1) is 102. The van der Waals surface area contributed by atoms with Gasteiger partial charge in [0, 0.05) is 39.1 Å². The van der Waals surface area contributed by atoms with Gasteiger partial charge >= 0.3 is 27.6 Å². The number of aliphatic hydroxyl groups excluding tert-OH is 2. The monoisotopic (exact) mass is 1570 g/mol. The maximum atomic E-state index is 13.7. The fourth-order valence-electron chi connectivity index (χ4n) is 12.0. The maximum Gasteiger partial charge on any atom is 0.472 e. The van der Waals surface area contributed by atoms with Gasteiger partial charge in [0.05, 0.1) is 87.9 Å². The van der Waals surface area contributed by atoms with E-state index in [2.05, 4.69) is 87.1 Å². The minimum absolute atomic E-state index is 0.0752. The summed E-state index contributed by atoms with van der Waals surface area (Å²) in [6.45, 7) is 10.2. The van der Waals surface area contributed by atoms with Gasteiger partial charge in [0.2, 0.25) is 11.8 Å². The van der Waals surface area contributed by atoms with Crippen LogP contribution in [0.15, 0.2) is 48.6 Å². The summed E-state index contributed by atoms with van der Waals surface area (Å²) in [7, 11) is -9.68. The van der Waals surface area contributed by atoms with Gasteiger partial charge in [-0.25, -0.2) is 9.13 Å². The Morgan fingerprint density at radius 2 is 0.704 bits per heavy atom. The van der Waals surface area contributed by atoms with Crippen LogP contribution >= 0.6 is 15.6 Å². The number of esters is 2. The Hall–Kier alpha value is -4.42. The average Bonchev–Trinajstić information content (AvgIpc) is 0.843. The molecule has 1 rings (SSSR count). The van der Waals surface area contributed by atoms with Crippen molar-refractivity contribution in [3.63, 3.8) is 0 Å². The van der Waals surface area contributed by atoms with Crippen LogP contribution in [0.3, 0.4) is 0 Å². The number of carbonyl (C=O) groups is 6. The molecule has 8 N–H and O–H groups in total. The highest BCUT2D eigenvalue weighted by atomic mass is 31.2. The molecule has 0 aliphatic rings. The molecule has 0 bridgehead atoms. The molecule has 0 aromatic heterocycles. The number of hydrogen-bond acceptors (Lipinski definition) is 18. The molecule has 0 fully saturated rings. The molecule has 108 heavy (non-hydrogen) atoms. The molecule has 0 saturated carbocycles. The van der Waals surface area contributed by atoms with E-state index in [1.165, 1.54) is 62.8 Å². The number of nitrogens with one attached hydrogen (secondary N) is 4. The molecule has 0 heterocycles. The van der Waals surface area contributed by atoms with E-state index >= 15 is 0 Å².